The van der Waals surface area contributed by atoms with Gasteiger partial charge in [-0.1, -0.05) is 17.7 Å². The fourth-order valence-electron chi connectivity index (χ4n) is 2.64. The van der Waals surface area contributed by atoms with Gasteiger partial charge in [-0.25, -0.2) is 9.49 Å². The highest BCUT2D eigenvalue weighted by Crippen LogP contribution is 2.21. The van der Waals surface area contributed by atoms with Crippen LogP contribution in [0.25, 0.3) is 0 Å². The Morgan fingerprint density at radius 1 is 1.21 bits per heavy atom. The summed E-state index contributed by atoms with van der Waals surface area (Å²) in [6.45, 7) is 2.64. The molecule has 0 spiro atoms. The summed E-state index contributed by atoms with van der Waals surface area (Å²) in [6, 6.07) is 7.32. The Bertz CT molecular complexity index is 762. The van der Waals surface area contributed by atoms with Gasteiger partial charge in [-0.15, -0.1) is 0 Å². The second-order valence-electron chi connectivity index (χ2n) is 5.57. The zero-order valence-corrected chi connectivity index (χ0v) is 13.6. The van der Waals surface area contributed by atoms with E-state index >= 15 is 0 Å². The van der Waals surface area contributed by atoms with Gasteiger partial charge in [0.25, 0.3) is 11.5 Å². The number of H-pyrrole nitrogens is 1. The molecule has 6 nitrogen and oxygen atoms in total. The first-order valence-electron chi connectivity index (χ1n) is 7.55. The van der Waals surface area contributed by atoms with Gasteiger partial charge in [-0.05, 0) is 18.2 Å². The Morgan fingerprint density at radius 2 is 1.96 bits per heavy atom. The molecule has 1 aromatic carbocycles. The highest BCUT2D eigenvalue weighted by molar-refractivity contribution is 6.31. The Hall–Kier alpha value is -2.25. The van der Waals surface area contributed by atoms with E-state index in [-0.39, 0.29) is 23.0 Å². The molecular formula is C16H16ClFN4O2. The minimum atomic E-state index is -0.349. The van der Waals surface area contributed by atoms with Crippen molar-refractivity contribution in [1.29, 1.82) is 0 Å². The lowest BCUT2D eigenvalue weighted by molar-refractivity contribution is 0.0620. The van der Waals surface area contributed by atoms with E-state index in [1.165, 1.54) is 18.2 Å². The van der Waals surface area contributed by atoms with Crippen molar-refractivity contribution in [2.75, 3.05) is 26.2 Å². The summed E-state index contributed by atoms with van der Waals surface area (Å²) in [5, 5.41) is 6.42. The van der Waals surface area contributed by atoms with Crippen LogP contribution in [0, 0.1) is 5.82 Å². The van der Waals surface area contributed by atoms with Crippen molar-refractivity contribution < 1.29 is 9.18 Å². The highest BCUT2D eigenvalue weighted by Gasteiger charge is 2.24. The van der Waals surface area contributed by atoms with Crippen molar-refractivity contribution in [1.82, 2.24) is 20.0 Å². The Kier molecular flexibility index (Phi) is 4.92. The van der Waals surface area contributed by atoms with Crippen LogP contribution in [0.15, 0.2) is 35.1 Å². The highest BCUT2D eigenvalue weighted by atomic mass is 35.5. The van der Waals surface area contributed by atoms with Crippen molar-refractivity contribution in [3.05, 3.63) is 62.8 Å². The summed E-state index contributed by atoms with van der Waals surface area (Å²) in [5.41, 5.74) is 0.333. The standard InChI is InChI=1S/C16H16ClFN4O2/c17-12-2-1-3-13(18)11(12)10-21-6-8-22(9-7-21)16(24)14-4-5-15(23)20-19-14/h1-5H,6-10H2,(H,20,23). The zero-order valence-electron chi connectivity index (χ0n) is 12.8. The number of piperazine rings is 1. The van der Waals surface area contributed by atoms with Crippen LogP contribution in [-0.4, -0.2) is 52.1 Å². The minimum absolute atomic E-state index is 0.209. The van der Waals surface area contributed by atoms with Gasteiger partial charge in [0.15, 0.2) is 0 Å². The van der Waals surface area contributed by atoms with Crippen LogP contribution in [0.5, 0.6) is 0 Å². The molecule has 2 aromatic rings. The number of hydrogen-bond acceptors (Lipinski definition) is 4. The van der Waals surface area contributed by atoms with Crippen LogP contribution in [0.1, 0.15) is 16.1 Å². The predicted molar refractivity (Wildman–Crippen MR) is 87.4 cm³/mol. The predicted octanol–water partition coefficient (Wildman–Crippen LogP) is 1.52. The summed E-state index contributed by atoms with van der Waals surface area (Å²) in [5.74, 6) is -0.548. The molecule has 1 amide bonds. The number of nitrogens with zero attached hydrogens (tertiary/aromatic N) is 3. The van der Waals surface area contributed by atoms with Crippen molar-refractivity contribution >= 4 is 17.5 Å². The number of carbonyl (C=O) groups is 1. The minimum Gasteiger partial charge on any atom is -0.335 e. The van der Waals surface area contributed by atoms with Crippen molar-refractivity contribution in [2.24, 2.45) is 0 Å². The molecule has 0 aliphatic carbocycles. The largest absolute Gasteiger partial charge is 0.335 e. The van der Waals surface area contributed by atoms with E-state index in [2.05, 4.69) is 10.2 Å². The monoisotopic (exact) mass is 350 g/mol. The second kappa shape index (κ2) is 7.11. The molecule has 3 rings (SSSR count). The molecule has 1 aliphatic heterocycles. The average molecular weight is 351 g/mol. The molecular weight excluding hydrogens is 335 g/mol. The molecule has 1 N–H and O–H groups in total. The van der Waals surface area contributed by atoms with Crippen molar-refractivity contribution in [3.8, 4) is 0 Å². The lowest BCUT2D eigenvalue weighted by atomic mass is 10.1. The van der Waals surface area contributed by atoms with E-state index in [1.807, 2.05) is 4.90 Å². The third-order valence-corrected chi connectivity index (χ3v) is 4.36. The van der Waals surface area contributed by atoms with Crippen LogP contribution in [-0.2, 0) is 6.54 Å². The summed E-state index contributed by atoms with van der Waals surface area (Å²) in [6.07, 6.45) is 0. The molecule has 0 unspecified atom stereocenters. The maximum atomic E-state index is 13.9. The number of amides is 1. The lowest BCUT2D eigenvalue weighted by Gasteiger charge is -2.34. The number of rotatable bonds is 3. The van der Waals surface area contributed by atoms with Gasteiger partial charge < -0.3 is 4.90 Å². The fourth-order valence-corrected chi connectivity index (χ4v) is 2.86. The number of nitrogens with one attached hydrogen (secondary N) is 1. The maximum Gasteiger partial charge on any atom is 0.274 e. The normalized spacial score (nSPS) is 15.5. The van der Waals surface area contributed by atoms with Crippen molar-refractivity contribution in [3.63, 3.8) is 0 Å². The van der Waals surface area contributed by atoms with Gasteiger partial charge >= 0.3 is 0 Å². The summed E-state index contributed by atoms with van der Waals surface area (Å²) >= 11 is 6.05. The smallest absolute Gasteiger partial charge is 0.274 e. The number of benzene rings is 1. The lowest BCUT2D eigenvalue weighted by Crippen LogP contribution is -2.48. The Labute approximate surface area is 142 Å². The zero-order chi connectivity index (χ0) is 17.1. The van der Waals surface area contributed by atoms with E-state index in [1.54, 1.807) is 17.0 Å². The van der Waals surface area contributed by atoms with Crippen LogP contribution in [0.3, 0.4) is 0 Å². The molecule has 126 valence electrons. The number of carbonyl (C=O) groups excluding carboxylic acids is 1. The van der Waals surface area contributed by atoms with Crippen LogP contribution >= 0.6 is 11.6 Å². The summed E-state index contributed by atoms with van der Waals surface area (Å²) < 4.78 is 13.9. The third kappa shape index (κ3) is 3.63. The third-order valence-electron chi connectivity index (χ3n) is 4.00. The van der Waals surface area contributed by atoms with Crippen molar-refractivity contribution in [2.45, 2.75) is 6.54 Å². The first kappa shape index (κ1) is 16.6. The van der Waals surface area contributed by atoms with Gasteiger partial charge in [0.2, 0.25) is 0 Å². The van der Waals surface area contributed by atoms with Crippen LogP contribution < -0.4 is 5.56 Å². The molecule has 1 fully saturated rings. The molecule has 1 saturated heterocycles. The quantitative estimate of drug-likeness (QED) is 0.911. The van der Waals surface area contributed by atoms with Gasteiger partial charge in [-0.2, -0.15) is 5.10 Å². The first-order valence-corrected chi connectivity index (χ1v) is 7.92. The van der Waals surface area contributed by atoms with E-state index in [0.717, 1.165) is 0 Å². The van der Waals surface area contributed by atoms with Gasteiger partial charge in [0.1, 0.15) is 11.5 Å². The Balaban J connectivity index is 1.60. The molecule has 8 heteroatoms. The SMILES string of the molecule is O=C(c1ccc(=O)[nH]n1)N1CCN(Cc2c(F)cccc2Cl)CC1. The second-order valence-corrected chi connectivity index (χ2v) is 5.98. The fraction of sp³-hybridized carbons (Fsp3) is 0.312. The van der Waals surface area contributed by atoms with Crippen LogP contribution in [0.2, 0.25) is 5.02 Å². The van der Waals surface area contributed by atoms with Gasteiger partial charge in [0.05, 0.1) is 0 Å². The van der Waals surface area contributed by atoms with E-state index < -0.39 is 0 Å². The number of aromatic amines is 1. The molecule has 0 saturated carbocycles. The van der Waals surface area contributed by atoms with E-state index in [9.17, 15) is 14.0 Å². The number of aromatic nitrogens is 2. The molecule has 1 aromatic heterocycles. The number of hydrogen-bond donors (Lipinski definition) is 1. The number of halogens is 2. The first-order chi connectivity index (χ1) is 11.5. The molecule has 24 heavy (non-hydrogen) atoms. The summed E-state index contributed by atoms with van der Waals surface area (Å²) in [7, 11) is 0. The van der Waals surface area contributed by atoms with E-state index in [4.69, 9.17) is 11.6 Å². The maximum absolute atomic E-state index is 13.9. The van der Waals surface area contributed by atoms with Crippen LogP contribution in [0.4, 0.5) is 4.39 Å². The molecule has 1 aliphatic rings. The average Bonchev–Trinajstić information content (AvgIpc) is 2.59. The molecule has 0 atom stereocenters. The summed E-state index contributed by atoms with van der Waals surface area (Å²) in [4.78, 5) is 27.0. The van der Waals surface area contributed by atoms with Gasteiger partial charge in [-0.3, -0.25) is 14.5 Å². The molecule has 2 heterocycles. The molecule has 0 bridgehead atoms. The van der Waals surface area contributed by atoms with Gasteiger partial charge in [0, 0.05) is 49.4 Å². The molecule has 0 radical (unpaired) electrons. The topological polar surface area (TPSA) is 69.3 Å². The Morgan fingerprint density at radius 3 is 2.58 bits per heavy atom. The van der Waals surface area contributed by atoms with E-state index in [0.29, 0.717) is 43.3 Å².